The zero-order valence-electron chi connectivity index (χ0n) is 10.7. The molecular formula is C12H21N3O2. The Balaban J connectivity index is 2.90. The lowest BCUT2D eigenvalue weighted by molar-refractivity contribution is 0.0531. The van der Waals surface area contributed by atoms with Gasteiger partial charge in [-0.1, -0.05) is 13.8 Å². The number of nitrogens with zero attached hydrogens (tertiary/aromatic N) is 1. The van der Waals surface area contributed by atoms with Crippen LogP contribution in [0.5, 0.6) is 0 Å². The molecule has 5 heteroatoms. The number of hydrogen-bond donors (Lipinski definition) is 2. The largest absolute Gasteiger partial charge is 0.371 e. The van der Waals surface area contributed by atoms with E-state index in [0.717, 1.165) is 18.7 Å². The highest BCUT2D eigenvalue weighted by molar-refractivity contribution is 5.04. The Hall–Kier alpha value is -1.20. The Kier molecular flexibility index (Phi) is 5.86. The highest BCUT2D eigenvalue weighted by Gasteiger charge is 2.12. The summed E-state index contributed by atoms with van der Waals surface area (Å²) in [4.78, 5) is 18.7. The van der Waals surface area contributed by atoms with Gasteiger partial charge in [-0.05, 0) is 19.9 Å². The number of H-pyrrole nitrogens is 1. The van der Waals surface area contributed by atoms with Crippen molar-refractivity contribution in [1.82, 2.24) is 15.3 Å². The Morgan fingerprint density at radius 1 is 1.47 bits per heavy atom. The fourth-order valence-electron chi connectivity index (χ4n) is 1.62. The van der Waals surface area contributed by atoms with Crippen molar-refractivity contribution in [3.05, 3.63) is 27.9 Å². The minimum atomic E-state index is -0.130. The average molecular weight is 239 g/mol. The first-order chi connectivity index (χ1) is 8.21. The maximum Gasteiger partial charge on any atom is 0.251 e. The van der Waals surface area contributed by atoms with Crippen LogP contribution in [0.1, 0.15) is 44.8 Å². The molecule has 0 fully saturated rings. The van der Waals surface area contributed by atoms with E-state index in [1.165, 1.54) is 6.07 Å². The van der Waals surface area contributed by atoms with Crippen LogP contribution in [-0.2, 0) is 11.3 Å². The van der Waals surface area contributed by atoms with E-state index in [-0.39, 0.29) is 11.7 Å². The van der Waals surface area contributed by atoms with Gasteiger partial charge in [0.25, 0.3) is 5.56 Å². The van der Waals surface area contributed by atoms with Crippen LogP contribution in [0.25, 0.3) is 0 Å². The lowest BCUT2D eigenvalue weighted by Crippen LogP contribution is -2.20. The van der Waals surface area contributed by atoms with Gasteiger partial charge in [0.2, 0.25) is 0 Å². The van der Waals surface area contributed by atoms with Crippen molar-refractivity contribution in [1.29, 1.82) is 0 Å². The van der Waals surface area contributed by atoms with Gasteiger partial charge >= 0.3 is 0 Å². The summed E-state index contributed by atoms with van der Waals surface area (Å²) in [6.07, 6.45) is 0.663. The lowest BCUT2D eigenvalue weighted by atomic mass is 10.2. The molecule has 0 radical (unpaired) electrons. The minimum Gasteiger partial charge on any atom is -0.371 e. The van der Waals surface area contributed by atoms with Crippen LogP contribution in [0.15, 0.2) is 10.9 Å². The third-order valence-electron chi connectivity index (χ3n) is 2.41. The molecule has 17 heavy (non-hydrogen) atoms. The van der Waals surface area contributed by atoms with Gasteiger partial charge in [-0.15, -0.1) is 0 Å². The van der Waals surface area contributed by atoms with Gasteiger partial charge in [0.15, 0.2) is 0 Å². The molecule has 0 aromatic carbocycles. The molecule has 96 valence electrons. The summed E-state index contributed by atoms with van der Waals surface area (Å²) < 4.78 is 5.54. The van der Waals surface area contributed by atoms with Crippen molar-refractivity contribution in [2.75, 3.05) is 13.2 Å². The predicted molar refractivity (Wildman–Crippen MR) is 66.9 cm³/mol. The van der Waals surface area contributed by atoms with Crippen LogP contribution in [0.2, 0.25) is 0 Å². The summed E-state index contributed by atoms with van der Waals surface area (Å²) in [5, 5.41) is 3.15. The minimum absolute atomic E-state index is 0.124. The van der Waals surface area contributed by atoms with Gasteiger partial charge in [-0.3, -0.25) is 4.79 Å². The second-order valence-electron chi connectivity index (χ2n) is 3.75. The predicted octanol–water partition coefficient (Wildman–Crippen LogP) is 1.37. The molecule has 0 bridgehead atoms. The van der Waals surface area contributed by atoms with E-state index in [4.69, 9.17) is 4.74 Å². The lowest BCUT2D eigenvalue weighted by Gasteiger charge is -2.14. The number of nitrogens with one attached hydrogen (secondary N) is 2. The summed E-state index contributed by atoms with van der Waals surface area (Å²) in [6, 6.07) is 1.52. The van der Waals surface area contributed by atoms with Crippen molar-refractivity contribution in [3.8, 4) is 0 Å². The van der Waals surface area contributed by atoms with E-state index in [1.807, 2.05) is 20.8 Å². The molecule has 0 aliphatic rings. The molecule has 1 unspecified atom stereocenters. The van der Waals surface area contributed by atoms with E-state index in [1.54, 1.807) is 0 Å². The first-order valence-corrected chi connectivity index (χ1v) is 6.13. The Morgan fingerprint density at radius 3 is 2.82 bits per heavy atom. The number of ether oxygens (including phenoxy) is 1. The monoisotopic (exact) mass is 239 g/mol. The normalized spacial score (nSPS) is 12.6. The van der Waals surface area contributed by atoms with Gasteiger partial charge in [-0.25, -0.2) is 4.98 Å². The maximum absolute atomic E-state index is 11.5. The van der Waals surface area contributed by atoms with Crippen LogP contribution in [0.4, 0.5) is 0 Å². The smallest absolute Gasteiger partial charge is 0.251 e. The molecule has 0 aliphatic carbocycles. The number of hydrogen-bond acceptors (Lipinski definition) is 4. The highest BCUT2D eigenvalue weighted by Crippen LogP contribution is 2.15. The van der Waals surface area contributed by atoms with Crippen molar-refractivity contribution >= 4 is 0 Å². The van der Waals surface area contributed by atoms with Gasteiger partial charge in [0, 0.05) is 19.2 Å². The fourth-order valence-corrected chi connectivity index (χ4v) is 1.62. The second-order valence-corrected chi connectivity index (χ2v) is 3.75. The van der Waals surface area contributed by atoms with E-state index < -0.39 is 0 Å². The first kappa shape index (κ1) is 13.9. The van der Waals surface area contributed by atoms with Crippen LogP contribution in [0, 0.1) is 0 Å². The highest BCUT2D eigenvalue weighted by atomic mass is 16.5. The summed E-state index contributed by atoms with van der Waals surface area (Å²) in [6.45, 7) is 8.03. The fraction of sp³-hybridized carbons (Fsp3) is 0.667. The van der Waals surface area contributed by atoms with Crippen LogP contribution in [0.3, 0.4) is 0 Å². The molecule has 2 N–H and O–H groups in total. The van der Waals surface area contributed by atoms with Crippen LogP contribution < -0.4 is 10.9 Å². The molecule has 0 amide bonds. The molecule has 0 aliphatic heterocycles. The van der Waals surface area contributed by atoms with Crippen molar-refractivity contribution < 1.29 is 4.74 Å². The first-order valence-electron chi connectivity index (χ1n) is 6.13. The van der Waals surface area contributed by atoms with Gasteiger partial charge in [0.05, 0.1) is 5.69 Å². The van der Waals surface area contributed by atoms with E-state index in [2.05, 4.69) is 15.3 Å². The molecule has 0 spiro atoms. The molecule has 5 nitrogen and oxygen atoms in total. The van der Waals surface area contributed by atoms with E-state index in [9.17, 15) is 4.79 Å². The zero-order valence-corrected chi connectivity index (χ0v) is 10.7. The summed E-state index contributed by atoms with van der Waals surface area (Å²) >= 11 is 0. The average Bonchev–Trinajstić information content (AvgIpc) is 2.32. The SMILES string of the molecule is CCNCc1cc(=O)[nH]c(C(CC)OCC)n1. The molecule has 0 saturated heterocycles. The molecular weight excluding hydrogens is 218 g/mol. The second kappa shape index (κ2) is 7.19. The molecule has 1 atom stereocenters. The molecule has 1 rings (SSSR count). The summed E-state index contributed by atoms with van der Waals surface area (Å²) in [5.74, 6) is 0.620. The van der Waals surface area contributed by atoms with Crippen molar-refractivity contribution in [2.45, 2.75) is 39.8 Å². The topological polar surface area (TPSA) is 67.0 Å². The van der Waals surface area contributed by atoms with Crippen LogP contribution in [-0.4, -0.2) is 23.1 Å². The van der Waals surface area contributed by atoms with Crippen molar-refractivity contribution in [3.63, 3.8) is 0 Å². The number of aromatic amines is 1. The number of rotatable bonds is 7. The third kappa shape index (κ3) is 4.28. The van der Waals surface area contributed by atoms with Crippen molar-refractivity contribution in [2.24, 2.45) is 0 Å². The van der Waals surface area contributed by atoms with Gasteiger partial charge in [0.1, 0.15) is 11.9 Å². The molecule has 1 aromatic heterocycles. The zero-order chi connectivity index (χ0) is 12.7. The standard InChI is InChI=1S/C12H21N3O2/c1-4-10(17-6-3)12-14-9(8-13-5-2)7-11(16)15-12/h7,10,13H,4-6,8H2,1-3H3,(H,14,15,16). The molecule has 1 aromatic rings. The van der Waals surface area contributed by atoms with Gasteiger partial charge in [-0.2, -0.15) is 0 Å². The van der Waals surface area contributed by atoms with E-state index in [0.29, 0.717) is 19.0 Å². The molecule has 0 saturated carbocycles. The number of aromatic nitrogens is 2. The summed E-state index contributed by atoms with van der Waals surface area (Å²) in [7, 11) is 0. The third-order valence-corrected chi connectivity index (χ3v) is 2.41. The Morgan fingerprint density at radius 2 is 2.24 bits per heavy atom. The van der Waals surface area contributed by atoms with Gasteiger partial charge < -0.3 is 15.0 Å². The maximum atomic E-state index is 11.5. The Bertz CT molecular complexity index is 390. The molecule has 1 heterocycles. The quantitative estimate of drug-likeness (QED) is 0.754. The van der Waals surface area contributed by atoms with Crippen LogP contribution >= 0.6 is 0 Å². The summed E-state index contributed by atoms with van der Waals surface area (Å²) in [5.41, 5.74) is 0.629. The Labute approximate surface area is 102 Å². The van der Waals surface area contributed by atoms with E-state index >= 15 is 0 Å².